The maximum atomic E-state index is 12.5. The molecule has 34 heavy (non-hydrogen) atoms. The van der Waals surface area contributed by atoms with Crippen molar-refractivity contribution in [1.82, 2.24) is 0 Å². The summed E-state index contributed by atoms with van der Waals surface area (Å²) in [7, 11) is -16.9. The van der Waals surface area contributed by atoms with Gasteiger partial charge in [-0.15, -0.1) is 4.79 Å². The second kappa shape index (κ2) is 11.4. The van der Waals surface area contributed by atoms with Crippen molar-refractivity contribution in [3.63, 3.8) is 0 Å². The molecule has 2 rings (SSSR count). The summed E-state index contributed by atoms with van der Waals surface area (Å²) < 4.78 is 97.4. The van der Waals surface area contributed by atoms with Crippen LogP contribution in [0.15, 0.2) is 70.5 Å². The van der Waals surface area contributed by atoms with E-state index in [1.807, 2.05) is 0 Å². The van der Waals surface area contributed by atoms with Gasteiger partial charge in [0.15, 0.2) is 24.8 Å². The summed E-state index contributed by atoms with van der Waals surface area (Å²) in [6, 6.07) is 13.9. The van der Waals surface area contributed by atoms with E-state index in [1.165, 1.54) is 48.5 Å². The molecule has 0 aliphatic heterocycles. The Morgan fingerprint density at radius 1 is 0.647 bits per heavy atom. The lowest BCUT2D eigenvalue weighted by Crippen LogP contribution is -2.28. The van der Waals surface area contributed by atoms with Crippen molar-refractivity contribution in [3.05, 3.63) is 66.2 Å². The highest BCUT2D eigenvalue weighted by molar-refractivity contribution is 8.31. The van der Waals surface area contributed by atoms with Gasteiger partial charge in [0.05, 0.1) is 21.3 Å². The van der Waals surface area contributed by atoms with Gasteiger partial charge in [0.1, 0.15) is 0 Å². The molecule has 0 radical (unpaired) electrons. The quantitative estimate of drug-likeness (QED) is 0.134. The normalized spacial score (nSPS) is 12.7. The summed E-state index contributed by atoms with van der Waals surface area (Å²) in [6.07, 6.45) is 0.616. The first-order chi connectivity index (χ1) is 15.8. The van der Waals surface area contributed by atoms with Crippen LogP contribution in [0.5, 0.6) is 0 Å². The van der Waals surface area contributed by atoms with E-state index in [-0.39, 0.29) is 35.5 Å². The molecule has 0 saturated heterocycles. The predicted octanol–water partition coefficient (Wildman–Crippen LogP) is 1.87. The monoisotopic (exact) mass is 548 g/mol. The topological polar surface area (TPSA) is 173 Å². The maximum absolute atomic E-state index is 12.5. The van der Waals surface area contributed by atoms with Gasteiger partial charge in [-0.1, -0.05) is 49.2 Å². The van der Waals surface area contributed by atoms with Gasteiger partial charge in [-0.3, -0.25) is 0 Å². The molecule has 0 aliphatic carbocycles. The van der Waals surface area contributed by atoms with Crippen molar-refractivity contribution < 1.29 is 38.5 Å². The fraction of sp³-hybridized carbons (Fsp3) is 0.350. The van der Waals surface area contributed by atoms with Crippen LogP contribution in [0.25, 0.3) is 5.53 Å². The van der Waals surface area contributed by atoms with Crippen molar-refractivity contribution in [2.24, 2.45) is 0 Å². The average Bonchev–Trinajstić information content (AvgIpc) is 2.76. The Balaban J connectivity index is 1.88. The molecule has 2 aromatic carbocycles. The maximum Gasteiger partial charge on any atom is 0.499 e. The molecule has 0 aliphatic rings. The van der Waals surface area contributed by atoms with E-state index >= 15 is 0 Å². The van der Waals surface area contributed by atoms with Gasteiger partial charge in [0.2, 0.25) is 0 Å². The highest BCUT2D eigenvalue weighted by atomic mass is 32.3. The Bertz CT molecular complexity index is 1460. The number of rotatable bonds is 11. The third-order valence-electron chi connectivity index (χ3n) is 4.69. The van der Waals surface area contributed by atoms with Crippen LogP contribution in [0.2, 0.25) is 0 Å². The highest BCUT2D eigenvalue weighted by Gasteiger charge is 2.42. The van der Waals surface area contributed by atoms with Crippen LogP contribution in [-0.2, 0) is 39.3 Å². The number of nitrogens with zero attached hydrogens (tertiary/aromatic N) is 2. The standard InChI is InChI=1S/C20H24N2O8S4/c21-22-20(34(29,30)19-13-7-4-8-14-19)32(25,26)16-10-2-1-9-15-31(23,24)17-33(27,28)18-11-5-3-6-12-18/h3-8,11-14H,1-2,9-10,15-17H2. The zero-order valence-electron chi connectivity index (χ0n) is 18.0. The lowest BCUT2D eigenvalue weighted by atomic mass is 10.2. The molecule has 2 aromatic rings. The molecule has 0 bridgehead atoms. The Morgan fingerprint density at radius 2 is 1.12 bits per heavy atom. The molecule has 0 fully saturated rings. The fourth-order valence-corrected chi connectivity index (χ4v) is 10.7. The molecule has 0 unspecified atom stereocenters. The Morgan fingerprint density at radius 3 is 1.62 bits per heavy atom. The van der Waals surface area contributed by atoms with E-state index in [0.717, 1.165) is 0 Å². The van der Waals surface area contributed by atoms with E-state index in [4.69, 9.17) is 5.53 Å². The van der Waals surface area contributed by atoms with Gasteiger partial charge in [0, 0.05) is 0 Å². The molecule has 10 nitrogen and oxygen atoms in total. The summed E-state index contributed by atoms with van der Waals surface area (Å²) in [6.45, 7) is 0. The van der Waals surface area contributed by atoms with E-state index in [9.17, 15) is 33.7 Å². The molecule has 0 atom stereocenters. The van der Waals surface area contributed by atoms with Crippen LogP contribution in [0.3, 0.4) is 0 Å². The second-order valence-electron chi connectivity index (χ2n) is 7.41. The van der Waals surface area contributed by atoms with Gasteiger partial charge in [-0.2, -0.15) is 0 Å². The third-order valence-corrected chi connectivity index (χ3v) is 13.6. The summed E-state index contributed by atoms with van der Waals surface area (Å²) in [5, 5.41) is -1.02. The van der Waals surface area contributed by atoms with Gasteiger partial charge in [0.25, 0.3) is 19.7 Å². The number of sulfone groups is 4. The minimum Gasteiger partial charge on any atom is -0.359 e. The molecule has 0 heterocycles. The molecular weight excluding hydrogens is 524 g/mol. The fourth-order valence-electron chi connectivity index (χ4n) is 3.03. The van der Waals surface area contributed by atoms with Gasteiger partial charge >= 0.3 is 4.38 Å². The van der Waals surface area contributed by atoms with E-state index in [0.29, 0.717) is 0 Å². The first-order valence-corrected chi connectivity index (χ1v) is 16.7. The molecule has 14 heteroatoms. The van der Waals surface area contributed by atoms with E-state index in [1.54, 1.807) is 12.1 Å². The first kappa shape index (κ1) is 27.9. The lowest BCUT2D eigenvalue weighted by molar-refractivity contribution is 0.00380. The summed E-state index contributed by atoms with van der Waals surface area (Å²) in [5.41, 5.74) is 9.08. The molecule has 0 saturated carbocycles. The van der Waals surface area contributed by atoms with Crippen LogP contribution in [0.1, 0.15) is 25.7 Å². The Hall–Kier alpha value is -2.38. The number of unbranched alkanes of at least 4 members (excludes halogenated alkanes) is 3. The van der Waals surface area contributed by atoms with Crippen molar-refractivity contribution in [3.8, 4) is 0 Å². The van der Waals surface area contributed by atoms with Gasteiger partial charge in [-0.05, 0) is 37.1 Å². The molecule has 0 amide bonds. The smallest absolute Gasteiger partial charge is 0.359 e. The summed E-state index contributed by atoms with van der Waals surface area (Å²) in [5.74, 6) is -1.01. The largest absolute Gasteiger partial charge is 0.499 e. The SMILES string of the molecule is [N-]=[N+]=C(S(=O)(=O)CCCCCCS(=O)(=O)CS(=O)(=O)c1ccccc1)S(=O)(=O)c1ccccc1. The van der Waals surface area contributed by atoms with E-state index < -0.39 is 60.3 Å². The van der Waals surface area contributed by atoms with Crippen LogP contribution in [-0.4, -0.2) is 59.4 Å². The second-order valence-corrected chi connectivity index (χ2v) is 16.1. The molecular formula is C20H24N2O8S4. The minimum absolute atomic E-state index is 0.00593. The number of benzene rings is 2. The van der Waals surface area contributed by atoms with E-state index in [2.05, 4.69) is 4.79 Å². The van der Waals surface area contributed by atoms with Gasteiger partial charge in [-0.25, -0.2) is 33.7 Å². The third kappa shape index (κ3) is 7.57. The van der Waals surface area contributed by atoms with Gasteiger partial charge < -0.3 is 5.53 Å². The minimum atomic E-state index is -4.54. The van der Waals surface area contributed by atoms with Crippen LogP contribution < -0.4 is 0 Å². The number of hydrogen-bond acceptors (Lipinski definition) is 8. The molecule has 0 spiro atoms. The zero-order chi connectivity index (χ0) is 25.5. The van der Waals surface area contributed by atoms with Crippen molar-refractivity contribution in [2.75, 3.05) is 16.6 Å². The predicted molar refractivity (Wildman–Crippen MR) is 127 cm³/mol. The average molecular weight is 549 g/mol. The van der Waals surface area contributed by atoms with Crippen molar-refractivity contribution in [2.45, 2.75) is 35.5 Å². The molecule has 0 aromatic heterocycles. The van der Waals surface area contributed by atoms with Crippen molar-refractivity contribution >= 4 is 43.7 Å². The lowest BCUT2D eigenvalue weighted by Gasteiger charge is -2.06. The zero-order valence-corrected chi connectivity index (χ0v) is 21.3. The Kier molecular flexibility index (Phi) is 9.31. The first-order valence-electron chi connectivity index (χ1n) is 10.0. The summed E-state index contributed by atoms with van der Waals surface area (Å²) in [4.78, 5) is 2.10. The van der Waals surface area contributed by atoms with Crippen molar-refractivity contribution in [1.29, 1.82) is 0 Å². The van der Waals surface area contributed by atoms with Crippen LogP contribution >= 0.6 is 0 Å². The van der Waals surface area contributed by atoms with Crippen LogP contribution in [0.4, 0.5) is 0 Å². The van der Waals surface area contributed by atoms with Crippen LogP contribution in [0, 0.1) is 0 Å². The molecule has 0 N–H and O–H groups in total. The Labute approximate surface area is 199 Å². The number of hydrogen-bond donors (Lipinski definition) is 0. The molecule has 186 valence electrons. The highest BCUT2D eigenvalue weighted by Crippen LogP contribution is 2.17. The summed E-state index contributed by atoms with van der Waals surface area (Å²) >= 11 is 0.